The third-order valence-corrected chi connectivity index (χ3v) is 6.09. The van der Waals surface area contributed by atoms with Crippen molar-refractivity contribution in [1.82, 2.24) is 4.90 Å². The van der Waals surface area contributed by atoms with Gasteiger partial charge in [-0.05, 0) is 80.9 Å². The van der Waals surface area contributed by atoms with Crippen molar-refractivity contribution in [3.05, 3.63) is 94.0 Å². The molecule has 11 nitrogen and oxygen atoms in total. The minimum atomic E-state index is -0.666. The standard InChI is InChI=1S/C16H17NO4.C9H10ClNO.C9H15NO3/c1-4-20-16(19)13-10-21-15(9-14(13)18)11-5-7-12(8-6-11)17(2)3;1-11(2)8-5-3-7(4-6-8)9(10)12;1-5-13-9(12)8(7(2)11)6-10(3)4/h5-10H,4H2,1-3H3;3-6H,1-2H3;6H,5H2,1-4H3. The highest BCUT2D eigenvalue weighted by Crippen LogP contribution is 2.21. The number of anilines is 2. The van der Waals surface area contributed by atoms with E-state index in [4.69, 9.17) is 25.5 Å². The van der Waals surface area contributed by atoms with E-state index in [0.29, 0.717) is 11.3 Å². The number of carbonyl (C=O) groups excluding carboxylic acids is 4. The second-order valence-electron chi connectivity index (χ2n) is 10.2. The molecule has 0 saturated carbocycles. The van der Waals surface area contributed by atoms with Gasteiger partial charge in [0, 0.05) is 77.1 Å². The van der Waals surface area contributed by atoms with Crippen LogP contribution in [0.1, 0.15) is 41.5 Å². The van der Waals surface area contributed by atoms with Gasteiger partial charge in [-0.3, -0.25) is 14.4 Å². The zero-order valence-corrected chi connectivity index (χ0v) is 28.5. The van der Waals surface area contributed by atoms with E-state index in [1.165, 1.54) is 19.2 Å². The Bertz CT molecular complexity index is 1540. The highest BCUT2D eigenvalue weighted by molar-refractivity contribution is 6.67. The van der Waals surface area contributed by atoms with Crippen LogP contribution >= 0.6 is 11.6 Å². The minimum Gasteiger partial charge on any atom is -0.463 e. The molecule has 0 radical (unpaired) electrons. The van der Waals surface area contributed by atoms with Crippen LogP contribution in [0.15, 0.2) is 81.8 Å². The summed E-state index contributed by atoms with van der Waals surface area (Å²) in [6.07, 6.45) is 2.61. The summed E-state index contributed by atoms with van der Waals surface area (Å²) in [5.74, 6) is -1.10. The molecule has 0 amide bonds. The van der Waals surface area contributed by atoms with E-state index in [0.717, 1.165) is 23.2 Å². The van der Waals surface area contributed by atoms with Crippen molar-refractivity contribution in [2.45, 2.75) is 20.8 Å². The fourth-order valence-corrected chi connectivity index (χ4v) is 3.62. The van der Waals surface area contributed by atoms with Crippen molar-refractivity contribution in [3.8, 4) is 11.3 Å². The van der Waals surface area contributed by atoms with E-state index in [1.54, 1.807) is 45.0 Å². The fraction of sp³-hybridized carbons (Fsp3) is 0.324. The van der Waals surface area contributed by atoms with Gasteiger partial charge in [-0.15, -0.1) is 0 Å². The Morgan fingerprint density at radius 1 is 0.804 bits per heavy atom. The lowest BCUT2D eigenvalue weighted by Crippen LogP contribution is -2.17. The zero-order chi connectivity index (χ0) is 35.0. The van der Waals surface area contributed by atoms with Crippen molar-refractivity contribution in [3.63, 3.8) is 0 Å². The Hall–Kier alpha value is -4.90. The van der Waals surface area contributed by atoms with Gasteiger partial charge in [0.15, 0.2) is 11.2 Å². The molecule has 0 saturated heterocycles. The van der Waals surface area contributed by atoms with Gasteiger partial charge in [-0.2, -0.15) is 0 Å². The number of hydrogen-bond donors (Lipinski definition) is 0. The molecule has 1 heterocycles. The number of ketones is 1. The van der Waals surface area contributed by atoms with E-state index < -0.39 is 22.6 Å². The summed E-state index contributed by atoms with van der Waals surface area (Å²) in [5, 5.41) is -0.416. The predicted molar refractivity (Wildman–Crippen MR) is 181 cm³/mol. The molecule has 46 heavy (non-hydrogen) atoms. The van der Waals surface area contributed by atoms with E-state index in [1.807, 2.05) is 74.4 Å². The van der Waals surface area contributed by atoms with Crippen molar-refractivity contribution in [2.24, 2.45) is 0 Å². The highest BCUT2D eigenvalue weighted by Gasteiger charge is 2.16. The lowest BCUT2D eigenvalue weighted by atomic mass is 10.1. The predicted octanol–water partition coefficient (Wildman–Crippen LogP) is 5.27. The van der Waals surface area contributed by atoms with E-state index >= 15 is 0 Å². The molecule has 0 atom stereocenters. The Morgan fingerprint density at radius 2 is 1.30 bits per heavy atom. The molecule has 2 aromatic carbocycles. The first-order chi connectivity index (χ1) is 21.6. The summed E-state index contributed by atoms with van der Waals surface area (Å²) in [7, 11) is 11.3. The molecule has 0 aliphatic rings. The maximum Gasteiger partial charge on any atom is 0.345 e. The second kappa shape index (κ2) is 19.5. The molecule has 0 N–H and O–H groups in total. The number of hydrogen-bond acceptors (Lipinski definition) is 11. The summed E-state index contributed by atoms with van der Waals surface area (Å²) in [6, 6.07) is 16.0. The van der Waals surface area contributed by atoms with Crippen LogP contribution in [0.4, 0.5) is 11.4 Å². The number of esters is 2. The first-order valence-electron chi connectivity index (χ1n) is 14.2. The maximum atomic E-state index is 11.9. The number of nitrogens with zero attached hydrogens (tertiary/aromatic N) is 3. The van der Waals surface area contributed by atoms with Gasteiger partial charge in [0.1, 0.15) is 23.2 Å². The van der Waals surface area contributed by atoms with Crippen LogP contribution < -0.4 is 15.2 Å². The molecule has 1 aromatic heterocycles. The summed E-state index contributed by atoms with van der Waals surface area (Å²) >= 11 is 5.28. The second-order valence-corrected chi connectivity index (χ2v) is 10.5. The van der Waals surface area contributed by atoms with Crippen LogP contribution in [0.3, 0.4) is 0 Å². The molecular formula is C34H42ClN3O8. The number of halogens is 1. The molecule has 3 rings (SSSR count). The van der Waals surface area contributed by atoms with Crippen molar-refractivity contribution < 1.29 is 33.1 Å². The average molecular weight is 656 g/mol. The monoisotopic (exact) mass is 655 g/mol. The number of Topliss-reactive ketones (excluding diaryl/α,β-unsaturated/α-hetero) is 1. The van der Waals surface area contributed by atoms with E-state index in [9.17, 15) is 24.0 Å². The minimum absolute atomic E-state index is 0.0758. The van der Waals surface area contributed by atoms with Crippen LogP contribution in [0.5, 0.6) is 0 Å². The van der Waals surface area contributed by atoms with Gasteiger partial charge < -0.3 is 28.6 Å². The van der Waals surface area contributed by atoms with Gasteiger partial charge in [0.25, 0.3) is 5.24 Å². The SMILES string of the molecule is CCOC(=O)C(=CN(C)C)C(C)=O.CCOC(=O)c1coc(-c2ccc(N(C)C)cc2)cc1=O.CN(C)c1ccc(C(=O)Cl)cc1. The Labute approximate surface area is 274 Å². The van der Waals surface area contributed by atoms with E-state index in [-0.39, 0.29) is 30.1 Å². The van der Waals surface area contributed by atoms with Crippen LogP contribution in [0, 0.1) is 0 Å². The molecule has 0 spiro atoms. The number of benzene rings is 2. The fourth-order valence-electron chi connectivity index (χ4n) is 3.49. The topological polar surface area (TPSA) is 127 Å². The number of carbonyl (C=O) groups is 4. The Kier molecular flexibility index (Phi) is 16.6. The van der Waals surface area contributed by atoms with Crippen LogP contribution in [0.2, 0.25) is 0 Å². The van der Waals surface area contributed by atoms with Gasteiger partial charge in [0.2, 0.25) is 0 Å². The van der Waals surface area contributed by atoms with Crippen LogP contribution in [-0.2, 0) is 19.1 Å². The number of ether oxygens (including phenoxy) is 2. The summed E-state index contributed by atoms with van der Waals surface area (Å²) < 4.78 is 14.9. The summed E-state index contributed by atoms with van der Waals surface area (Å²) in [5.41, 5.74) is 2.97. The molecular weight excluding hydrogens is 614 g/mol. The van der Waals surface area contributed by atoms with Gasteiger partial charge in [-0.1, -0.05) is 0 Å². The lowest BCUT2D eigenvalue weighted by Gasteiger charge is -2.12. The molecule has 12 heteroatoms. The quantitative estimate of drug-likeness (QED) is 0.0932. The third kappa shape index (κ3) is 13.0. The van der Waals surface area contributed by atoms with E-state index in [2.05, 4.69) is 0 Å². The molecule has 0 fully saturated rings. The molecule has 0 aliphatic carbocycles. The molecule has 248 valence electrons. The zero-order valence-electron chi connectivity index (χ0n) is 27.8. The van der Waals surface area contributed by atoms with Crippen LogP contribution in [-0.4, -0.2) is 83.4 Å². The molecule has 3 aromatic rings. The molecule has 0 bridgehead atoms. The molecule has 0 unspecified atom stereocenters. The maximum absolute atomic E-state index is 11.9. The first kappa shape index (κ1) is 39.1. The van der Waals surface area contributed by atoms with Crippen molar-refractivity contribution in [1.29, 1.82) is 0 Å². The summed E-state index contributed by atoms with van der Waals surface area (Å²) in [6.45, 7) is 5.21. The lowest BCUT2D eigenvalue weighted by molar-refractivity contribution is -0.139. The normalized spacial score (nSPS) is 10.3. The van der Waals surface area contributed by atoms with Gasteiger partial charge in [-0.25, -0.2) is 9.59 Å². The smallest absolute Gasteiger partial charge is 0.345 e. The average Bonchev–Trinajstić information content (AvgIpc) is 3.00. The summed E-state index contributed by atoms with van der Waals surface area (Å²) in [4.78, 5) is 61.9. The van der Waals surface area contributed by atoms with Gasteiger partial charge >= 0.3 is 11.9 Å². The van der Waals surface area contributed by atoms with Crippen LogP contribution in [0.25, 0.3) is 11.3 Å². The third-order valence-electron chi connectivity index (χ3n) is 5.87. The van der Waals surface area contributed by atoms with Crippen molar-refractivity contribution >= 4 is 45.9 Å². The van der Waals surface area contributed by atoms with Crippen molar-refractivity contribution in [2.75, 3.05) is 65.3 Å². The largest absolute Gasteiger partial charge is 0.463 e. The Morgan fingerprint density at radius 3 is 1.70 bits per heavy atom. The Balaban J connectivity index is 0.000000367. The highest BCUT2D eigenvalue weighted by atomic mass is 35.5. The molecule has 0 aliphatic heterocycles. The van der Waals surface area contributed by atoms with Gasteiger partial charge in [0.05, 0.1) is 13.2 Å². The first-order valence-corrected chi connectivity index (χ1v) is 14.6. The number of rotatable bonds is 10.